The second kappa shape index (κ2) is 9.43. The minimum Gasteiger partial charge on any atom is -0.383 e. The Labute approximate surface area is 186 Å². The first kappa shape index (κ1) is 21.2. The van der Waals surface area contributed by atoms with Gasteiger partial charge in [0, 0.05) is 11.4 Å². The van der Waals surface area contributed by atoms with Gasteiger partial charge >= 0.3 is 0 Å². The molecule has 1 fully saturated rings. The maximum atomic E-state index is 14.6. The maximum absolute atomic E-state index is 14.6. The molecule has 1 atom stereocenters. The molecule has 3 aromatic rings. The van der Waals surface area contributed by atoms with Crippen molar-refractivity contribution < 1.29 is 9.18 Å². The molecule has 4 nitrogen and oxygen atoms in total. The number of carbonyl (C=O) groups excluding carboxylic acids is 1. The summed E-state index contributed by atoms with van der Waals surface area (Å²) in [5.74, 6) is -0.165. The highest BCUT2D eigenvalue weighted by Gasteiger charge is 2.45. The molecule has 1 aliphatic heterocycles. The molecule has 0 spiro atoms. The molecule has 0 radical (unpaired) electrons. The third-order valence-corrected chi connectivity index (χ3v) is 6.22. The van der Waals surface area contributed by atoms with Gasteiger partial charge in [-0.2, -0.15) is 0 Å². The number of anilines is 2. The Morgan fingerprint density at radius 3 is 2.58 bits per heavy atom. The Morgan fingerprint density at radius 2 is 1.84 bits per heavy atom. The van der Waals surface area contributed by atoms with Crippen LogP contribution in [0.3, 0.4) is 0 Å². The summed E-state index contributed by atoms with van der Waals surface area (Å²) in [6.45, 7) is 2.64. The molecule has 1 unspecified atom stereocenters. The lowest BCUT2D eigenvalue weighted by molar-refractivity contribution is -0.113. The zero-order valence-corrected chi connectivity index (χ0v) is 18.5. The smallest absolute Gasteiger partial charge is 0.266 e. The van der Waals surface area contributed by atoms with Crippen LogP contribution in [-0.2, 0) is 4.79 Å². The fourth-order valence-corrected chi connectivity index (χ4v) is 4.22. The average molecular weight is 436 g/mol. The van der Waals surface area contributed by atoms with Crippen LogP contribution in [-0.4, -0.2) is 29.8 Å². The topological polar surface area (TPSA) is 44.1 Å². The van der Waals surface area contributed by atoms with Gasteiger partial charge in [-0.1, -0.05) is 42.0 Å². The van der Waals surface area contributed by atoms with Crippen molar-refractivity contribution in [2.45, 2.75) is 30.7 Å². The van der Waals surface area contributed by atoms with Gasteiger partial charge in [0.15, 0.2) is 0 Å². The van der Waals surface area contributed by atoms with Gasteiger partial charge in [0.1, 0.15) is 11.9 Å². The number of carbonyl (C=O) groups is 1. The first-order valence-electron chi connectivity index (χ1n) is 10.4. The number of nitrogens with one attached hydrogen (secondary N) is 2. The summed E-state index contributed by atoms with van der Waals surface area (Å²) in [6, 6.07) is 21.1. The number of nitrogens with zero attached hydrogens (tertiary/aromatic N) is 1. The number of thioether (sulfide) groups is 1. The normalized spacial score (nSPS) is 15.1. The molecule has 0 aromatic heterocycles. The first-order chi connectivity index (χ1) is 15.1. The number of hydrogen-bond donors (Lipinski definition) is 2. The summed E-state index contributed by atoms with van der Waals surface area (Å²) in [5.41, 5.74) is 7.62. The van der Waals surface area contributed by atoms with Crippen LogP contribution >= 0.6 is 11.8 Å². The summed E-state index contributed by atoms with van der Waals surface area (Å²) in [6.07, 6.45) is 3.53. The van der Waals surface area contributed by atoms with E-state index in [9.17, 15) is 9.18 Å². The number of hydrazine groups is 1. The highest BCUT2D eigenvalue weighted by molar-refractivity contribution is 7.98. The van der Waals surface area contributed by atoms with E-state index in [1.165, 1.54) is 5.56 Å². The second-order valence-electron chi connectivity index (χ2n) is 7.67. The number of rotatable bonds is 9. The largest absolute Gasteiger partial charge is 0.383 e. The monoisotopic (exact) mass is 435 g/mol. The van der Waals surface area contributed by atoms with E-state index in [0.29, 0.717) is 12.2 Å². The second-order valence-corrected chi connectivity index (χ2v) is 8.51. The van der Waals surface area contributed by atoms with Crippen molar-refractivity contribution in [2.75, 3.05) is 23.5 Å². The number of halogens is 1. The van der Waals surface area contributed by atoms with Gasteiger partial charge < -0.3 is 5.32 Å². The highest BCUT2D eigenvalue weighted by atomic mass is 32.2. The lowest BCUT2D eigenvalue weighted by atomic mass is 10.0. The molecule has 3 aromatic carbocycles. The quantitative estimate of drug-likeness (QED) is 0.248. The van der Waals surface area contributed by atoms with E-state index < -0.39 is 0 Å². The fraction of sp³-hybridized carbons (Fsp3) is 0.240. The molecule has 4 rings (SSSR count). The predicted octanol–water partition coefficient (Wildman–Crippen LogP) is 5.95. The Morgan fingerprint density at radius 1 is 1.06 bits per heavy atom. The molecule has 0 bridgehead atoms. The molecule has 1 amide bonds. The van der Waals surface area contributed by atoms with Crippen LogP contribution in [0.4, 0.5) is 15.8 Å². The summed E-state index contributed by atoms with van der Waals surface area (Å²) in [5, 5.41) is 4.81. The minimum absolute atomic E-state index is 0.101. The summed E-state index contributed by atoms with van der Waals surface area (Å²) in [4.78, 5) is 13.1. The van der Waals surface area contributed by atoms with Gasteiger partial charge in [-0.15, -0.1) is 11.8 Å². The molecule has 1 saturated heterocycles. The number of amides is 1. The number of hydrogen-bond acceptors (Lipinski definition) is 4. The van der Waals surface area contributed by atoms with Crippen LogP contribution in [0.25, 0.3) is 11.1 Å². The van der Waals surface area contributed by atoms with Gasteiger partial charge in [0.2, 0.25) is 0 Å². The van der Waals surface area contributed by atoms with E-state index in [0.717, 1.165) is 34.6 Å². The van der Waals surface area contributed by atoms with Crippen molar-refractivity contribution in [1.82, 2.24) is 5.01 Å². The Hall–Kier alpha value is -2.99. The summed E-state index contributed by atoms with van der Waals surface area (Å²) in [7, 11) is 0. The maximum Gasteiger partial charge on any atom is 0.266 e. The summed E-state index contributed by atoms with van der Waals surface area (Å²) < 4.78 is 14.6. The van der Waals surface area contributed by atoms with Crippen molar-refractivity contribution in [3.8, 4) is 11.1 Å². The lowest BCUT2D eigenvalue weighted by Crippen LogP contribution is -2.12. The van der Waals surface area contributed by atoms with Crippen molar-refractivity contribution in [2.24, 2.45) is 0 Å². The van der Waals surface area contributed by atoms with Gasteiger partial charge in [-0.25, -0.2) is 9.40 Å². The zero-order chi connectivity index (χ0) is 21.8. The Bertz CT molecular complexity index is 1070. The molecule has 31 heavy (non-hydrogen) atoms. The third kappa shape index (κ3) is 5.02. The molecule has 160 valence electrons. The van der Waals surface area contributed by atoms with E-state index >= 15 is 0 Å². The molecule has 1 aliphatic rings. The van der Waals surface area contributed by atoms with Crippen LogP contribution in [0.5, 0.6) is 0 Å². The predicted molar refractivity (Wildman–Crippen MR) is 127 cm³/mol. The SMILES string of the molecule is CSc1ccccc1-c1ccc(NCCCC2C(=O)N2Nc2ccc(C)cc2)c(F)c1. The van der Waals surface area contributed by atoms with Gasteiger partial charge in [0.05, 0.1) is 11.4 Å². The van der Waals surface area contributed by atoms with Crippen LogP contribution in [0, 0.1) is 12.7 Å². The van der Waals surface area contributed by atoms with Crippen molar-refractivity contribution in [1.29, 1.82) is 0 Å². The van der Waals surface area contributed by atoms with E-state index in [-0.39, 0.29) is 17.8 Å². The van der Waals surface area contributed by atoms with E-state index in [4.69, 9.17) is 0 Å². The van der Waals surface area contributed by atoms with E-state index in [1.807, 2.05) is 67.8 Å². The number of benzene rings is 3. The Kier molecular flexibility index (Phi) is 6.47. The Balaban J connectivity index is 1.26. The average Bonchev–Trinajstić information content (AvgIpc) is 3.40. The standard InChI is InChI=1S/C25H26FN3OS/c1-17-9-12-19(13-10-17)28-29-23(25(29)30)7-5-15-27-22-14-11-18(16-21(22)26)20-6-3-4-8-24(20)31-2/h3-4,6,8-14,16,23,27-28H,5,7,15H2,1-2H3. The molecular weight excluding hydrogens is 409 g/mol. The molecule has 2 N–H and O–H groups in total. The lowest BCUT2D eigenvalue weighted by Gasteiger charge is -2.11. The zero-order valence-electron chi connectivity index (χ0n) is 17.7. The van der Waals surface area contributed by atoms with Crippen molar-refractivity contribution in [3.63, 3.8) is 0 Å². The highest BCUT2D eigenvalue weighted by Crippen LogP contribution is 2.32. The molecule has 0 aliphatic carbocycles. The van der Waals surface area contributed by atoms with Gasteiger partial charge in [-0.3, -0.25) is 10.2 Å². The van der Waals surface area contributed by atoms with Crippen LogP contribution < -0.4 is 10.7 Å². The molecule has 1 heterocycles. The third-order valence-electron chi connectivity index (χ3n) is 5.42. The van der Waals surface area contributed by atoms with Crippen LogP contribution in [0.15, 0.2) is 71.6 Å². The van der Waals surface area contributed by atoms with Crippen LogP contribution in [0.2, 0.25) is 0 Å². The van der Waals surface area contributed by atoms with Crippen molar-refractivity contribution in [3.05, 3.63) is 78.1 Å². The molecule has 0 saturated carbocycles. The van der Waals surface area contributed by atoms with E-state index in [1.54, 1.807) is 28.9 Å². The van der Waals surface area contributed by atoms with Gasteiger partial charge in [-0.05, 0) is 67.5 Å². The van der Waals surface area contributed by atoms with Gasteiger partial charge in [0.25, 0.3) is 5.91 Å². The molecular formula is C25H26FN3OS. The number of aryl methyl sites for hydroxylation is 1. The van der Waals surface area contributed by atoms with E-state index in [2.05, 4.69) is 10.7 Å². The first-order valence-corrected chi connectivity index (χ1v) is 11.6. The van der Waals surface area contributed by atoms with Crippen LogP contribution in [0.1, 0.15) is 18.4 Å². The van der Waals surface area contributed by atoms with Crippen molar-refractivity contribution >= 4 is 29.0 Å². The summed E-state index contributed by atoms with van der Waals surface area (Å²) >= 11 is 1.65. The fourth-order valence-electron chi connectivity index (χ4n) is 3.60. The minimum atomic E-state index is -0.265. The molecule has 6 heteroatoms.